The molecule has 262 valence electrons. The number of phenols is 2. The van der Waals surface area contributed by atoms with E-state index < -0.39 is 5.97 Å². The van der Waals surface area contributed by atoms with Crippen molar-refractivity contribution in [3.05, 3.63) is 144 Å². The van der Waals surface area contributed by atoms with E-state index in [1.54, 1.807) is 24.3 Å². The van der Waals surface area contributed by atoms with Gasteiger partial charge in [0.15, 0.2) is 0 Å². The van der Waals surface area contributed by atoms with Crippen LogP contribution >= 0.6 is 0 Å². The molecule has 0 bridgehead atoms. The highest BCUT2D eigenvalue weighted by Crippen LogP contribution is 2.33. The van der Waals surface area contributed by atoms with Crippen LogP contribution in [-0.4, -0.2) is 16.2 Å². The maximum Gasteiger partial charge on any atom is 0.336 e. The topological polar surface area (TPSA) is 66.8 Å². The summed E-state index contributed by atoms with van der Waals surface area (Å²) in [6, 6.07) is 10.8. The molecule has 0 fully saturated rings. The molecule has 0 aliphatic carbocycles. The van der Waals surface area contributed by atoms with E-state index in [9.17, 15) is 15.0 Å². The molecule has 0 radical (unpaired) electrons. The Kier molecular flexibility index (Phi) is 21.9. The van der Waals surface area contributed by atoms with Crippen LogP contribution in [0.1, 0.15) is 102 Å². The molecule has 2 rings (SSSR count). The number of hydrogen-bond donors (Lipinski definition) is 2. The number of benzene rings is 2. The first kappa shape index (κ1) is 40.6. The van der Waals surface area contributed by atoms with E-state index in [1.165, 1.54) is 57.4 Å². The van der Waals surface area contributed by atoms with Crippen molar-refractivity contribution in [2.45, 2.75) is 97.8 Å². The van der Waals surface area contributed by atoms with Crippen LogP contribution in [0.5, 0.6) is 17.2 Å². The fourth-order valence-electron chi connectivity index (χ4n) is 5.21. The number of esters is 1. The summed E-state index contributed by atoms with van der Waals surface area (Å²) in [5, 5.41) is 20.2. The second-order valence-electron chi connectivity index (χ2n) is 12.7. The number of hydrogen-bond acceptors (Lipinski definition) is 4. The van der Waals surface area contributed by atoms with Crippen LogP contribution in [0.25, 0.3) is 6.08 Å². The van der Waals surface area contributed by atoms with Crippen molar-refractivity contribution in [3.8, 4) is 17.2 Å². The van der Waals surface area contributed by atoms with Crippen LogP contribution in [0.4, 0.5) is 0 Å². The Bertz CT molecular complexity index is 1450. The van der Waals surface area contributed by atoms with Gasteiger partial charge in [0.25, 0.3) is 0 Å². The molecule has 0 saturated carbocycles. The van der Waals surface area contributed by atoms with E-state index in [2.05, 4.69) is 20.8 Å². The molecule has 4 nitrogen and oxygen atoms in total. The number of carbonyl (C=O) groups excluding carboxylic acids is 1. The predicted molar refractivity (Wildman–Crippen MR) is 209 cm³/mol. The van der Waals surface area contributed by atoms with Gasteiger partial charge in [-0.05, 0) is 60.6 Å². The van der Waals surface area contributed by atoms with Crippen LogP contribution in [0, 0.1) is 5.92 Å². The molecule has 0 atom stereocenters. The van der Waals surface area contributed by atoms with Gasteiger partial charge in [-0.1, -0.05) is 182 Å². The van der Waals surface area contributed by atoms with E-state index in [-0.39, 0.29) is 11.5 Å². The van der Waals surface area contributed by atoms with Gasteiger partial charge in [-0.3, -0.25) is 0 Å². The van der Waals surface area contributed by atoms with Gasteiger partial charge in [0, 0.05) is 11.6 Å². The zero-order chi connectivity index (χ0) is 35.4. The van der Waals surface area contributed by atoms with Crippen LogP contribution in [0.15, 0.2) is 128 Å². The lowest BCUT2D eigenvalue weighted by Crippen LogP contribution is -2.07. The standard InChI is InChI=1S/C45H58O4/c1-4-5-6-7-8-9-17-20-23-26-29-42-43(47)36-40(35-38(2)3)37-44(42)49-45(48)30-27-24-21-18-15-13-11-10-12-14-16-19-22-25-28-39-31-33-41(46)34-32-39/h10-16,18-19,21-22,24-25,27-28,30-34,36-38,46-47H,4-9,17,20,23,26,29,35H2,1-3H3. The number of allylic oxidation sites excluding steroid dienone is 14. The first-order valence-corrected chi connectivity index (χ1v) is 18.1. The highest BCUT2D eigenvalue weighted by atomic mass is 16.5. The Hall–Kier alpha value is -4.57. The van der Waals surface area contributed by atoms with Crippen molar-refractivity contribution < 1.29 is 19.7 Å². The Morgan fingerprint density at radius 1 is 0.653 bits per heavy atom. The summed E-state index contributed by atoms with van der Waals surface area (Å²) >= 11 is 0. The lowest BCUT2D eigenvalue weighted by atomic mass is 9.97. The van der Waals surface area contributed by atoms with E-state index in [4.69, 9.17) is 4.74 Å². The molecule has 49 heavy (non-hydrogen) atoms. The quantitative estimate of drug-likeness (QED) is 0.0408. The number of rotatable bonds is 23. The molecule has 0 saturated heterocycles. The minimum atomic E-state index is -0.458. The van der Waals surface area contributed by atoms with Gasteiger partial charge in [-0.15, -0.1) is 0 Å². The summed E-state index contributed by atoms with van der Waals surface area (Å²) in [5.41, 5.74) is 2.73. The number of carbonyl (C=O) groups is 1. The van der Waals surface area contributed by atoms with E-state index in [0.29, 0.717) is 18.1 Å². The van der Waals surface area contributed by atoms with E-state index >= 15 is 0 Å². The SMILES string of the molecule is CCCCCCCCCCCCc1c(O)cc(CC(C)C)cc1OC(=O)C=CC=CC=CC=CC=CC=CC=CC=Cc1ccc(O)cc1. The second kappa shape index (κ2) is 26.4. The number of ether oxygens (including phenoxy) is 1. The monoisotopic (exact) mass is 662 g/mol. The normalized spacial score (nSPS) is 12.7. The van der Waals surface area contributed by atoms with Crippen molar-refractivity contribution in [2.24, 2.45) is 5.92 Å². The van der Waals surface area contributed by atoms with Gasteiger partial charge in [-0.25, -0.2) is 4.79 Å². The Balaban J connectivity index is 1.77. The minimum absolute atomic E-state index is 0.220. The molecular weight excluding hydrogens is 604 g/mol. The average molecular weight is 663 g/mol. The van der Waals surface area contributed by atoms with Gasteiger partial charge >= 0.3 is 5.97 Å². The van der Waals surface area contributed by atoms with Crippen LogP contribution < -0.4 is 4.74 Å². The third-order valence-corrected chi connectivity index (χ3v) is 7.74. The molecule has 0 heterocycles. The molecule has 0 aromatic heterocycles. The average Bonchev–Trinajstić information content (AvgIpc) is 3.07. The van der Waals surface area contributed by atoms with Crippen LogP contribution in [0.2, 0.25) is 0 Å². The third kappa shape index (κ3) is 20.4. The van der Waals surface area contributed by atoms with Crippen molar-refractivity contribution in [3.63, 3.8) is 0 Å². The molecular formula is C45H58O4. The first-order chi connectivity index (χ1) is 23.9. The van der Waals surface area contributed by atoms with Gasteiger partial charge in [-0.2, -0.15) is 0 Å². The highest BCUT2D eigenvalue weighted by molar-refractivity contribution is 5.84. The molecule has 0 aliphatic rings. The molecule has 2 aromatic carbocycles. The summed E-state index contributed by atoms with van der Waals surface area (Å²) in [7, 11) is 0. The zero-order valence-corrected chi connectivity index (χ0v) is 30.0. The smallest absolute Gasteiger partial charge is 0.336 e. The fraction of sp³-hybridized carbons (Fsp3) is 0.356. The van der Waals surface area contributed by atoms with Crippen molar-refractivity contribution in [1.29, 1.82) is 0 Å². The maximum absolute atomic E-state index is 12.7. The summed E-state index contributed by atoms with van der Waals surface area (Å²) in [6.07, 6.45) is 43.9. The van der Waals surface area contributed by atoms with Gasteiger partial charge in [0.05, 0.1) is 0 Å². The molecule has 0 amide bonds. The van der Waals surface area contributed by atoms with Crippen molar-refractivity contribution in [1.82, 2.24) is 0 Å². The summed E-state index contributed by atoms with van der Waals surface area (Å²) in [6.45, 7) is 6.52. The Morgan fingerprint density at radius 3 is 1.67 bits per heavy atom. The van der Waals surface area contributed by atoms with E-state index in [1.807, 2.05) is 103 Å². The lowest BCUT2D eigenvalue weighted by Gasteiger charge is -2.14. The highest BCUT2D eigenvalue weighted by Gasteiger charge is 2.15. The van der Waals surface area contributed by atoms with E-state index in [0.717, 1.165) is 36.0 Å². The van der Waals surface area contributed by atoms with Gasteiger partial charge < -0.3 is 14.9 Å². The summed E-state index contributed by atoms with van der Waals surface area (Å²) < 4.78 is 5.75. The van der Waals surface area contributed by atoms with Crippen LogP contribution in [-0.2, 0) is 17.6 Å². The van der Waals surface area contributed by atoms with Gasteiger partial charge in [0.2, 0.25) is 0 Å². The molecule has 2 N–H and O–H groups in total. The van der Waals surface area contributed by atoms with Crippen molar-refractivity contribution >= 4 is 12.0 Å². The molecule has 2 aromatic rings. The number of aromatic hydroxyl groups is 2. The van der Waals surface area contributed by atoms with Crippen molar-refractivity contribution in [2.75, 3.05) is 0 Å². The summed E-state index contributed by atoms with van der Waals surface area (Å²) in [4.78, 5) is 12.7. The lowest BCUT2D eigenvalue weighted by molar-refractivity contribution is -0.129. The fourth-order valence-corrected chi connectivity index (χ4v) is 5.21. The zero-order valence-electron chi connectivity index (χ0n) is 30.0. The maximum atomic E-state index is 12.7. The van der Waals surface area contributed by atoms with Gasteiger partial charge in [0.1, 0.15) is 17.2 Å². The van der Waals surface area contributed by atoms with Crippen LogP contribution in [0.3, 0.4) is 0 Å². The second-order valence-corrected chi connectivity index (χ2v) is 12.7. The Labute approximate surface area is 296 Å². The molecule has 0 spiro atoms. The third-order valence-electron chi connectivity index (χ3n) is 7.74. The Morgan fingerprint density at radius 2 is 1.14 bits per heavy atom. The summed E-state index contributed by atoms with van der Waals surface area (Å²) in [5.74, 6) is 0.923. The molecule has 0 unspecified atom stereocenters. The molecule has 0 aliphatic heterocycles. The number of unbranched alkanes of at least 4 members (excludes halogenated alkanes) is 9. The molecule has 4 heteroatoms. The number of phenolic OH excluding ortho intramolecular Hbond substituents is 2. The largest absolute Gasteiger partial charge is 0.508 e. The first-order valence-electron chi connectivity index (χ1n) is 18.1. The minimum Gasteiger partial charge on any atom is -0.508 e. The predicted octanol–water partition coefficient (Wildman–Crippen LogP) is 12.3.